The lowest BCUT2D eigenvalue weighted by Gasteiger charge is -2.42. The topological polar surface area (TPSA) is 136 Å². The van der Waals surface area contributed by atoms with Gasteiger partial charge < -0.3 is 30.2 Å². The molecule has 0 aliphatic carbocycles. The summed E-state index contributed by atoms with van der Waals surface area (Å²) in [6, 6.07) is 22.5. The fraction of sp³-hybridized carbons (Fsp3) is 0.200. The molecular formula is C45H30F9N5O5S. The Balaban J connectivity index is 0.994. The summed E-state index contributed by atoms with van der Waals surface area (Å²) in [7, 11) is 0. The number of H-pyrrole nitrogens is 2. The molecule has 20 heteroatoms. The summed E-state index contributed by atoms with van der Waals surface area (Å²) in [6.45, 7) is -0.0973. The molecule has 5 heterocycles. The van der Waals surface area contributed by atoms with E-state index in [-0.39, 0.29) is 24.4 Å². The van der Waals surface area contributed by atoms with Crippen molar-refractivity contribution in [3.63, 3.8) is 0 Å². The van der Waals surface area contributed by atoms with Crippen molar-refractivity contribution < 1.29 is 53.8 Å². The maximum absolute atomic E-state index is 14.5. The number of rotatable bonds is 7. The van der Waals surface area contributed by atoms with Gasteiger partial charge in [0.1, 0.15) is 34.0 Å². The zero-order chi connectivity index (χ0) is 46.2. The molecule has 4 aromatic carbocycles. The number of pyridine rings is 2. The number of para-hydroxylation sites is 1. The van der Waals surface area contributed by atoms with Crippen LogP contribution in [0.25, 0.3) is 0 Å². The van der Waals surface area contributed by atoms with Crippen LogP contribution in [0.1, 0.15) is 83.5 Å². The van der Waals surface area contributed by atoms with Crippen molar-refractivity contribution in [2.24, 2.45) is 0 Å². The molecule has 6 aromatic rings. The largest absolute Gasteiger partial charge is 0.457 e. The van der Waals surface area contributed by atoms with Gasteiger partial charge >= 0.3 is 18.5 Å². The van der Waals surface area contributed by atoms with Gasteiger partial charge in [-0.2, -0.15) is 39.5 Å². The third-order valence-electron chi connectivity index (χ3n) is 11.3. The van der Waals surface area contributed by atoms with E-state index >= 15 is 0 Å². The van der Waals surface area contributed by atoms with Gasteiger partial charge in [0.15, 0.2) is 0 Å². The maximum atomic E-state index is 14.5. The van der Waals surface area contributed by atoms with Crippen LogP contribution in [0.2, 0.25) is 0 Å². The van der Waals surface area contributed by atoms with Crippen molar-refractivity contribution in [2.45, 2.75) is 52.7 Å². The number of ether oxygens (including phenoxy) is 1. The Hall–Kier alpha value is -6.96. The zero-order valence-electron chi connectivity index (χ0n) is 33.0. The summed E-state index contributed by atoms with van der Waals surface area (Å²) in [5, 5.41) is 5.40. The van der Waals surface area contributed by atoms with E-state index in [0.29, 0.717) is 49.4 Å². The van der Waals surface area contributed by atoms with Gasteiger partial charge in [0.2, 0.25) is 0 Å². The van der Waals surface area contributed by atoms with E-state index in [1.54, 1.807) is 71.7 Å². The van der Waals surface area contributed by atoms with Crippen molar-refractivity contribution in [1.82, 2.24) is 20.6 Å². The van der Waals surface area contributed by atoms with Gasteiger partial charge in [0, 0.05) is 39.9 Å². The molecule has 10 nitrogen and oxygen atoms in total. The Morgan fingerprint density at radius 3 is 1.97 bits per heavy atom. The van der Waals surface area contributed by atoms with Crippen molar-refractivity contribution >= 4 is 29.3 Å². The predicted molar refractivity (Wildman–Crippen MR) is 217 cm³/mol. The highest BCUT2D eigenvalue weighted by atomic mass is 32.2. The number of anilines is 1. The van der Waals surface area contributed by atoms with Crippen molar-refractivity contribution in [3.8, 4) is 11.5 Å². The first-order valence-corrected chi connectivity index (χ1v) is 20.4. The Kier molecular flexibility index (Phi) is 10.6. The molecule has 0 radical (unpaired) electrons. The van der Waals surface area contributed by atoms with Gasteiger partial charge in [-0.3, -0.25) is 19.2 Å². The molecule has 4 N–H and O–H groups in total. The molecule has 9 rings (SSSR count). The number of carbonyl (C=O) groups excluding carboxylic acids is 2. The fourth-order valence-electron chi connectivity index (χ4n) is 8.18. The fourth-order valence-corrected chi connectivity index (χ4v) is 9.30. The van der Waals surface area contributed by atoms with E-state index in [4.69, 9.17) is 4.74 Å². The Morgan fingerprint density at radius 1 is 0.646 bits per heavy atom. The smallest absolute Gasteiger partial charge is 0.433 e. The van der Waals surface area contributed by atoms with Crippen LogP contribution in [-0.2, 0) is 18.8 Å². The molecule has 1 saturated heterocycles. The average Bonchev–Trinajstić information content (AvgIpc) is 3.22. The molecule has 1 fully saturated rings. The van der Waals surface area contributed by atoms with Gasteiger partial charge in [-0.25, -0.2) is 0 Å². The minimum absolute atomic E-state index is 0.0487. The summed E-state index contributed by atoms with van der Waals surface area (Å²) in [5.41, 5.74) is -4.99. The number of alkyl halides is 9. The number of hydrogen-bond donors (Lipinski definition) is 4. The van der Waals surface area contributed by atoms with Crippen LogP contribution in [0.5, 0.6) is 11.5 Å². The van der Waals surface area contributed by atoms with E-state index in [9.17, 15) is 58.7 Å². The highest BCUT2D eigenvalue weighted by molar-refractivity contribution is 7.99. The summed E-state index contributed by atoms with van der Waals surface area (Å²) >= 11 is 1.27. The number of hydrogen-bond acceptors (Lipinski definition) is 7. The molecule has 0 bridgehead atoms. The number of fused-ring (bicyclic) bond motifs is 4. The molecule has 2 aromatic heterocycles. The molecule has 334 valence electrons. The van der Waals surface area contributed by atoms with Crippen molar-refractivity contribution in [3.05, 3.63) is 180 Å². The highest BCUT2D eigenvalue weighted by Gasteiger charge is 2.42. The Morgan fingerprint density at radius 2 is 1.28 bits per heavy atom. The summed E-state index contributed by atoms with van der Waals surface area (Å²) < 4.78 is 129. The van der Waals surface area contributed by atoms with Crippen LogP contribution in [0, 0.1) is 0 Å². The van der Waals surface area contributed by atoms with E-state index < -0.39 is 94.1 Å². The van der Waals surface area contributed by atoms with Crippen molar-refractivity contribution in [1.29, 1.82) is 0 Å². The summed E-state index contributed by atoms with van der Waals surface area (Å²) in [6.07, 6.45) is -15.7. The number of aromatic nitrogens is 2. The third kappa shape index (κ3) is 8.45. The number of nitrogens with zero attached hydrogens (tertiary/aromatic N) is 1. The summed E-state index contributed by atoms with van der Waals surface area (Å²) in [4.78, 5) is 59.3. The number of benzene rings is 4. The van der Waals surface area contributed by atoms with Crippen LogP contribution in [0.4, 0.5) is 45.2 Å². The van der Waals surface area contributed by atoms with Crippen LogP contribution in [-0.4, -0.2) is 41.0 Å². The molecule has 65 heavy (non-hydrogen) atoms. The summed E-state index contributed by atoms with van der Waals surface area (Å²) in [5.74, 6) is -1.89. The number of halogens is 9. The van der Waals surface area contributed by atoms with Crippen molar-refractivity contribution in [2.75, 3.05) is 18.0 Å². The van der Waals surface area contributed by atoms with Gasteiger partial charge in [0.25, 0.3) is 22.9 Å². The second-order valence-electron chi connectivity index (χ2n) is 15.5. The Bertz CT molecular complexity index is 3030. The van der Waals surface area contributed by atoms with Gasteiger partial charge in [0.05, 0.1) is 24.2 Å². The predicted octanol–water partition coefficient (Wildman–Crippen LogP) is 9.42. The maximum Gasteiger partial charge on any atom is 0.433 e. The molecule has 2 unspecified atom stereocenters. The first-order valence-electron chi connectivity index (χ1n) is 19.6. The second kappa shape index (κ2) is 15.9. The molecule has 0 spiro atoms. The molecule has 0 saturated carbocycles. The number of carbonyl (C=O) groups is 2. The minimum atomic E-state index is -5.07. The number of aromatic amines is 2. The Labute approximate surface area is 364 Å². The quantitative estimate of drug-likeness (QED) is 0.117. The lowest BCUT2D eigenvalue weighted by atomic mass is 9.86. The lowest BCUT2D eigenvalue weighted by Crippen LogP contribution is -2.47. The molecule has 3 aliphatic heterocycles. The minimum Gasteiger partial charge on any atom is -0.457 e. The SMILES string of the molecule is O=C(NC1c2ccccc2Oc2ccc(C3CN(c4cc(C(=O)NC5c6ccccc6Sc6ccc(CC(F)(F)F)cc65)c(=O)[nH]c4C(F)(F)F)C3)cc21)c1ccc(C(F)(F)F)[nH]c1=O. The molecular weight excluding hydrogens is 894 g/mol. The van der Waals surface area contributed by atoms with Gasteiger partial charge in [-0.15, -0.1) is 0 Å². The lowest BCUT2D eigenvalue weighted by molar-refractivity contribution is -0.141. The van der Waals surface area contributed by atoms with E-state index in [1.165, 1.54) is 34.9 Å². The van der Waals surface area contributed by atoms with E-state index in [1.807, 2.05) is 4.98 Å². The van der Waals surface area contributed by atoms with E-state index in [2.05, 4.69) is 10.6 Å². The van der Waals surface area contributed by atoms with E-state index in [0.717, 1.165) is 12.1 Å². The van der Waals surface area contributed by atoms with Crippen LogP contribution >= 0.6 is 11.8 Å². The molecule has 2 atom stereocenters. The van der Waals surface area contributed by atoms with Crippen LogP contribution < -0.4 is 31.4 Å². The molecule has 2 amide bonds. The number of nitrogens with one attached hydrogen (secondary N) is 4. The first-order chi connectivity index (χ1) is 30.7. The second-order valence-corrected chi connectivity index (χ2v) is 16.6. The third-order valence-corrected chi connectivity index (χ3v) is 12.5. The zero-order valence-corrected chi connectivity index (χ0v) is 33.8. The number of amides is 2. The van der Waals surface area contributed by atoms with Crippen LogP contribution in [0.3, 0.4) is 0 Å². The van der Waals surface area contributed by atoms with Crippen LogP contribution in [0.15, 0.2) is 123 Å². The first kappa shape index (κ1) is 43.3. The van der Waals surface area contributed by atoms with Gasteiger partial charge in [-0.1, -0.05) is 66.4 Å². The average molecular weight is 924 g/mol. The standard InChI is InChI=1S/C45H30F9N5O5S/c46-43(47,48)18-21-9-13-34-28(15-21)37(25-6-2-4-8-33(25)65-34)57-41(62)29-17-30(38(45(52,53)54)58-42(29)63)59-19-23(20-59)22-10-12-32-27(16-22)36(24-5-1-3-7-31(24)64-32)56-40(61)26-11-14-35(44(49,50)51)55-39(26)60/h1-17,23,36-37H,18-20H2,(H,55,60)(H,56,61)(H,57,62)(H,58,63). The van der Waals surface area contributed by atoms with Gasteiger partial charge in [-0.05, 0) is 70.8 Å². The monoisotopic (exact) mass is 923 g/mol. The molecule has 3 aliphatic rings. The normalized spacial score (nSPS) is 16.8. The highest BCUT2D eigenvalue weighted by Crippen LogP contribution is 2.47.